The van der Waals surface area contributed by atoms with Gasteiger partial charge in [-0.05, 0) is 13.3 Å². The van der Waals surface area contributed by atoms with Gasteiger partial charge in [-0.15, -0.1) is 5.92 Å². The van der Waals surface area contributed by atoms with Crippen LogP contribution < -0.4 is 16.8 Å². The zero-order valence-electron chi connectivity index (χ0n) is 15.3. The smallest absolute Gasteiger partial charge is 0.196 e. The van der Waals surface area contributed by atoms with Crippen LogP contribution in [0.4, 0.5) is 5.82 Å². The molecule has 138 valence electrons. The molecular formula is C19H25N5O2. The Bertz CT molecular complexity index is 836. The normalized spacial score (nSPS) is 29.6. The zero-order valence-corrected chi connectivity index (χ0v) is 15.3. The van der Waals surface area contributed by atoms with Crippen LogP contribution in [-0.2, 0) is 4.74 Å². The van der Waals surface area contributed by atoms with Gasteiger partial charge < -0.3 is 31.2 Å². The van der Waals surface area contributed by atoms with Gasteiger partial charge in [0.15, 0.2) is 12.2 Å². The van der Waals surface area contributed by atoms with Crippen LogP contribution >= 0.6 is 0 Å². The molecule has 0 aromatic carbocycles. The van der Waals surface area contributed by atoms with E-state index in [2.05, 4.69) is 34.0 Å². The van der Waals surface area contributed by atoms with Crippen LogP contribution in [0.1, 0.15) is 57.1 Å². The molecule has 0 saturated carbocycles. The Kier molecular flexibility index (Phi) is 5.24. The number of aliphatic imine (C=N–C) groups is 1. The highest BCUT2D eigenvalue weighted by molar-refractivity contribution is 5.94. The standard InChI is InChI=1S/C19H25N5O2/c1-4-6-7-8-9-12-10-24(17-14(12)16(20)22-19(21)23-17)18-15(25)11(3)13(5-2)26-18/h10-11,13,15-16,18,25H,5,7,20H2,1-3H3,(H3,21,22,23)/t11-,13+,15?,16?,18+/m0/s1. The van der Waals surface area contributed by atoms with Crippen LogP contribution in [0.15, 0.2) is 11.2 Å². The highest BCUT2D eigenvalue weighted by Gasteiger charge is 2.42. The zero-order chi connectivity index (χ0) is 18.8. The molecule has 2 aliphatic heterocycles. The number of nitrogens with one attached hydrogen (secondary N) is 1. The lowest BCUT2D eigenvalue weighted by Crippen LogP contribution is -2.33. The fraction of sp³-hybridized carbons (Fsp3) is 0.526. The summed E-state index contributed by atoms with van der Waals surface area (Å²) in [5, 5.41) is 13.7. The summed E-state index contributed by atoms with van der Waals surface area (Å²) in [6.45, 7) is 5.82. The van der Waals surface area contributed by atoms with Crippen molar-refractivity contribution in [3.8, 4) is 23.7 Å². The van der Waals surface area contributed by atoms with Gasteiger partial charge >= 0.3 is 0 Å². The number of nitrogens with zero attached hydrogens (tertiary/aromatic N) is 2. The number of aromatic nitrogens is 1. The molecule has 0 spiro atoms. The molecule has 0 amide bonds. The van der Waals surface area contributed by atoms with E-state index >= 15 is 0 Å². The van der Waals surface area contributed by atoms with Crippen molar-refractivity contribution in [1.29, 1.82) is 0 Å². The number of aliphatic hydroxyl groups is 1. The molecule has 2 unspecified atom stereocenters. The van der Waals surface area contributed by atoms with Crippen molar-refractivity contribution < 1.29 is 9.84 Å². The maximum atomic E-state index is 10.7. The summed E-state index contributed by atoms with van der Waals surface area (Å²) < 4.78 is 7.93. The SMILES string of the molecule is CC#CCC#Cc1cn([C@@H]2O[C@H](CC)[C@H](C)C2O)c2c1C(N)N=C(N)N2. The summed E-state index contributed by atoms with van der Waals surface area (Å²) in [6.07, 6.45) is 1.36. The average molecular weight is 355 g/mol. The maximum absolute atomic E-state index is 10.7. The number of nitrogens with two attached hydrogens (primary N) is 2. The monoisotopic (exact) mass is 355 g/mol. The Morgan fingerprint density at radius 1 is 1.42 bits per heavy atom. The molecule has 2 aliphatic rings. The van der Waals surface area contributed by atoms with Gasteiger partial charge in [-0.2, -0.15) is 0 Å². The molecule has 3 rings (SSSR count). The van der Waals surface area contributed by atoms with E-state index in [1.807, 2.05) is 24.6 Å². The van der Waals surface area contributed by atoms with Crippen molar-refractivity contribution in [2.45, 2.75) is 58.2 Å². The molecule has 0 bridgehead atoms. The number of fused-ring (bicyclic) bond motifs is 1. The first-order valence-corrected chi connectivity index (χ1v) is 8.80. The van der Waals surface area contributed by atoms with Gasteiger partial charge in [-0.3, -0.25) is 0 Å². The number of guanidine groups is 1. The number of ether oxygens (including phenoxy) is 1. The lowest BCUT2D eigenvalue weighted by Gasteiger charge is -2.24. The minimum absolute atomic E-state index is 0.00862. The third kappa shape index (κ3) is 3.17. The summed E-state index contributed by atoms with van der Waals surface area (Å²) in [6, 6.07) is 0. The van der Waals surface area contributed by atoms with Gasteiger partial charge in [0.05, 0.1) is 18.1 Å². The van der Waals surface area contributed by atoms with E-state index in [1.165, 1.54) is 0 Å². The van der Waals surface area contributed by atoms with Crippen molar-refractivity contribution in [2.24, 2.45) is 22.4 Å². The van der Waals surface area contributed by atoms with Gasteiger partial charge in [0, 0.05) is 17.7 Å². The van der Waals surface area contributed by atoms with Crippen molar-refractivity contribution in [1.82, 2.24) is 4.57 Å². The average Bonchev–Trinajstić information content (AvgIpc) is 3.10. The molecule has 0 radical (unpaired) electrons. The molecule has 1 fully saturated rings. The third-order valence-corrected chi connectivity index (χ3v) is 4.88. The number of aliphatic hydroxyl groups excluding tert-OH is 1. The molecule has 6 N–H and O–H groups in total. The summed E-state index contributed by atoms with van der Waals surface area (Å²) in [4.78, 5) is 4.18. The van der Waals surface area contributed by atoms with E-state index in [0.717, 1.165) is 17.5 Å². The Hall–Kier alpha value is -2.45. The minimum Gasteiger partial charge on any atom is -0.388 e. The van der Waals surface area contributed by atoms with E-state index in [0.29, 0.717) is 12.2 Å². The van der Waals surface area contributed by atoms with E-state index in [-0.39, 0.29) is 18.0 Å². The number of anilines is 1. The van der Waals surface area contributed by atoms with E-state index < -0.39 is 18.5 Å². The molecule has 7 heteroatoms. The largest absolute Gasteiger partial charge is 0.388 e. The second kappa shape index (κ2) is 7.43. The van der Waals surface area contributed by atoms with Crippen LogP contribution in [0.5, 0.6) is 0 Å². The topological polar surface area (TPSA) is 111 Å². The fourth-order valence-corrected chi connectivity index (χ4v) is 3.47. The number of hydrogen-bond acceptors (Lipinski definition) is 6. The second-order valence-electron chi connectivity index (χ2n) is 6.52. The number of rotatable bonds is 2. The van der Waals surface area contributed by atoms with Crippen LogP contribution in [0, 0.1) is 29.6 Å². The summed E-state index contributed by atoms with van der Waals surface area (Å²) in [5.41, 5.74) is 13.5. The Morgan fingerprint density at radius 3 is 2.85 bits per heavy atom. The Balaban J connectivity index is 2.03. The fourth-order valence-electron chi connectivity index (χ4n) is 3.47. The first-order valence-electron chi connectivity index (χ1n) is 8.80. The van der Waals surface area contributed by atoms with Crippen molar-refractivity contribution >= 4 is 11.8 Å². The maximum Gasteiger partial charge on any atom is 0.196 e. The van der Waals surface area contributed by atoms with Gasteiger partial charge in [0.2, 0.25) is 0 Å². The van der Waals surface area contributed by atoms with E-state index in [1.54, 1.807) is 6.92 Å². The summed E-state index contributed by atoms with van der Waals surface area (Å²) in [7, 11) is 0. The Labute approximate surface area is 153 Å². The molecule has 26 heavy (non-hydrogen) atoms. The molecule has 3 heterocycles. The van der Waals surface area contributed by atoms with E-state index in [9.17, 15) is 5.11 Å². The lowest BCUT2D eigenvalue weighted by molar-refractivity contribution is -0.0362. The highest BCUT2D eigenvalue weighted by atomic mass is 16.5. The van der Waals surface area contributed by atoms with Crippen LogP contribution in [-0.4, -0.2) is 27.8 Å². The van der Waals surface area contributed by atoms with Gasteiger partial charge in [-0.25, -0.2) is 4.99 Å². The molecule has 1 aromatic heterocycles. The van der Waals surface area contributed by atoms with Gasteiger partial charge in [0.1, 0.15) is 18.1 Å². The predicted octanol–water partition coefficient (Wildman–Crippen LogP) is 1.25. The van der Waals surface area contributed by atoms with Crippen molar-refractivity contribution in [3.63, 3.8) is 0 Å². The van der Waals surface area contributed by atoms with Crippen LogP contribution in [0.3, 0.4) is 0 Å². The van der Waals surface area contributed by atoms with Crippen molar-refractivity contribution in [2.75, 3.05) is 5.32 Å². The Morgan fingerprint density at radius 2 is 2.19 bits per heavy atom. The third-order valence-electron chi connectivity index (χ3n) is 4.88. The molecule has 1 aromatic rings. The first kappa shape index (κ1) is 18.3. The molecule has 5 atom stereocenters. The minimum atomic E-state index is -0.638. The van der Waals surface area contributed by atoms with Gasteiger partial charge in [-0.1, -0.05) is 31.6 Å². The molecule has 7 nitrogen and oxygen atoms in total. The molecular weight excluding hydrogens is 330 g/mol. The van der Waals surface area contributed by atoms with Crippen LogP contribution in [0.25, 0.3) is 0 Å². The highest BCUT2D eigenvalue weighted by Crippen LogP contribution is 2.40. The van der Waals surface area contributed by atoms with Crippen LogP contribution in [0.2, 0.25) is 0 Å². The first-order chi connectivity index (χ1) is 12.5. The van der Waals surface area contributed by atoms with Crippen molar-refractivity contribution in [3.05, 3.63) is 17.3 Å². The lowest BCUT2D eigenvalue weighted by atomic mass is 9.99. The number of hydrogen-bond donors (Lipinski definition) is 4. The predicted molar refractivity (Wildman–Crippen MR) is 101 cm³/mol. The van der Waals surface area contributed by atoms with Gasteiger partial charge in [0.25, 0.3) is 0 Å². The summed E-state index contributed by atoms with van der Waals surface area (Å²) in [5.74, 6) is 12.8. The summed E-state index contributed by atoms with van der Waals surface area (Å²) >= 11 is 0. The second-order valence-corrected chi connectivity index (χ2v) is 6.52. The molecule has 0 aliphatic carbocycles. The quantitative estimate of drug-likeness (QED) is 0.597. The molecule has 1 saturated heterocycles. The van der Waals surface area contributed by atoms with E-state index in [4.69, 9.17) is 16.2 Å².